The third kappa shape index (κ3) is 3.75. The summed E-state index contributed by atoms with van der Waals surface area (Å²) in [4.78, 5) is 4.72. The van der Waals surface area contributed by atoms with Crippen molar-refractivity contribution in [3.8, 4) is 45.4 Å². The lowest BCUT2D eigenvalue weighted by Gasteiger charge is -2.33. The van der Waals surface area contributed by atoms with Crippen LogP contribution in [0.2, 0.25) is 0 Å². The molecule has 0 radical (unpaired) electrons. The number of para-hydroxylation sites is 3. The summed E-state index contributed by atoms with van der Waals surface area (Å²) in [5.74, 6) is 3.42. The first-order valence-corrected chi connectivity index (χ1v) is 15.1. The zero-order valence-corrected chi connectivity index (χ0v) is 24.7. The Hall–Kier alpha value is -5.29. The van der Waals surface area contributed by atoms with Crippen molar-refractivity contribution in [1.29, 1.82) is 0 Å². The second-order valence-electron chi connectivity index (χ2n) is 12.8. The standard InChI is InChI=1S/C39H28BNO3/c1-39(2,3)25-17-18-41-31(22-25)28-10-8-9-27-26-16-15-23(19-34(26)44-38(27)28)24-20-35-37-36(21-24)43-33-14-7-5-12-30(33)40(37)29-11-4-6-13-32(29)42-35/h4-22H,1-3H3. The average molecular weight is 569 g/mol. The molecule has 4 nitrogen and oxygen atoms in total. The highest BCUT2D eigenvalue weighted by atomic mass is 16.5. The van der Waals surface area contributed by atoms with Crippen molar-refractivity contribution in [1.82, 2.24) is 4.98 Å². The van der Waals surface area contributed by atoms with Gasteiger partial charge < -0.3 is 13.9 Å². The van der Waals surface area contributed by atoms with E-state index in [1.54, 1.807) is 0 Å². The predicted octanol–water partition coefficient (Wildman–Crippen LogP) is 8.34. The first-order chi connectivity index (χ1) is 21.4. The molecule has 5 aromatic carbocycles. The Balaban J connectivity index is 1.19. The molecular formula is C39H28BNO3. The van der Waals surface area contributed by atoms with Crippen LogP contribution in [0.1, 0.15) is 26.3 Å². The molecule has 0 aliphatic carbocycles. The minimum absolute atomic E-state index is 0.0279. The summed E-state index contributed by atoms with van der Waals surface area (Å²) in [5, 5.41) is 2.16. The second-order valence-corrected chi connectivity index (χ2v) is 12.8. The maximum Gasteiger partial charge on any atom is 0.260 e. The van der Waals surface area contributed by atoms with E-state index in [4.69, 9.17) is 18.9 Å². The van der Waals surface area contributed by atoms with E-state index in [1.165, 1.54) is 5.56 Å². The maximum absolute atomic E-state index is 6.61. The van der Waals surface area contributed by atoms with Crippen LogP contribution < -0.4 is 25.9 Å². The van der Waals surface area contributed by atoms with Crippen LogP contribution in [0, 0.1) is 0 Å². The van der Waals surface area contributed by atoms with Crippen molar-refractivity contribution < 1.29 is 13.9 Å². The molecule has 0 spiro atoms. The van der Waals surface area contributed by atoms with E-state index in [0.717, 1.165) is 83.7 Å². The third-order valence-corrected chi connectivity index (χ3v) is 9.03. The van der Waals surface area contributed by atoms with Gasteiger partial charge in [0.05, 0.1) is 5.69 Å². The van der Waals surface area contributed by atoms with Crippen LogP contribution in [0.4, 0.5) is 0 Å². The number of benzene rings is 5. The molecule has 0 bridgehead atoms. The van der Waals surface area contributed by atoms with Gasteiger partial charge in [-0.25, -0.2) is 0 Å². The lowest BCUT2D eigenvalue weighted by molar-refractivity contribution is 0.465. The molecule has 0 saturated heterocycles. The quantitative estimate of drug-likeness (QED) is 0.196. The van der Waals surface area contributed by atoms with Gasteiger partial charge in [-0.1, -0.05) is 75.4 Å². The Morgan fingerprint density at radius 3 is 2.02 bits per heavy atom. The number of pyridine rings is 1. The van der Waals surface area contributed by atoms with Crippen LogP contribution in [0.25, 0.3) is 44.3 Å². The highest BCUT2D eigenvalue weighted by molar-refractivity contribution is 6.98. The number of ether oxygens (including phenoxy) is 2. The van der Waals surface area contributed by atoms with Crippen LogP contribution in [-0.4, -0.2) is 11.7 Å². The van der Waals surface area contributed by atoms with E-state index in [0.29, 0.717) is 0 Å². The number of hydrogen-bond acceptors (Lipinski definition) is 4. The van der Waals surface area contributed by atoms with Crippen LogP contribution >= 0.6 is 0 Å². The minimum atomic E-state index is 0.0279. The number of aromatic nitrogens is 1. The first-order valence-electron chi connectivity index (χ1n) is 15.1. The molecule has 4 heterocycles. The van der Waals surface area contributed by atoms with Crippen molar-refractivity contribution in [2.45, 2.75) is 26.2 Å². The molecule has 44 heavy (non-hydrogen) atoms. The normalized spacial score (nSPS) is 13.2. The van der Waals surface area contributed by atoms with Gasteiger partial charge in [0.2, 0.25) is 0 Å². The molecule has 2 aromatic heterocycles. The monoisotopic (exact) mass is 569 g/mol. The molecule has 2 aliphatic heterocycles. The molecule has 0 amide bonds. The van der Waals surface area contributed by atoms with Crippen molar-refractivity contribution in [3.05, 3.63) is 121 Å². The Bertz CT molecular complexity index is 2220. The zero-order valence-electron chi connectivity index (χ0n) is 24.7. The SMILES string of the molecule is CC(C)(C)c1ccnc(-c2cccc3c2oc2cc(-c4cc5c6c(c4)Oc4ccccc4B6c4ccccc4O5)ccc23)c1. The Kier molecular flexibility index (Phi) is 5.22. The summed E-state index contributed by atoms with van der Waals surface area (Å²) in [6, 6.07) is 37.9. The Labute approximate surface area is 256 Å². The van der Waals surface area contributed by atoms with Gasteiger partial charge in [0.1, 0.15) is 34.2 Å². The molecule has 7 aromatic rings. The van der Waals surface area contributed by atoms with Crippen molar-refractivity contribution in [3.63, 3.8) is 0 Å². The molecule has 0 atom stereocenters. The van der Waals surface area contributed by atoms with Gasteiger partial charge in [0.15, 0.2) is 0 Å². The molecular weight excluding hydrogens is 541 g/mol. The van der Waals surface area contributed by atoms with E-state index in [2.05, 4.69) is 106 Å². The summed E-state index contributed by atoms with van der Waals surface area (Å²) < 4.78 is 19.7. The lowest BCUT2D eigenvalue weighted by Crippen LogP contribution is -2.57. The van der Waals surface area contributed by atoms with E-state index in [1.807, 2.05) is 30.5 Å². The molecule has 0 N–H and O–H groups in total. The van der Waals surface area contributed by atoms with Gasteiger partial charge in [-0.05, 0) is 87.6 Å². The van der Waals surface area contributed by atoms with Gasteiger partial charge in [-0.2, -0.15) is 0 Å². The third-order valence-electron chi connectivity index (χ3n) is 9.03. The van der Waals surface area contributed by atoms with Crippen LogP contribution in [0.3, 0.4) is 0 Å². The number of fused-ring (bicyclic) bond motifs is 7. The summed E-state index contributed by atoms with van der Waals surface area (Å²) in [6.45, 7) is 6.72. The fraction of sp³-hybridized carbons (Fsp3) is 0.103. The van der Waals surface area contributed by atoms with E-state index in [-0.39, 0.29) is 12.1 Å². The topological polar surface area (TPSA) is 44.5 Å². The molecule has 0 saturated carbocycles. The van der Waals surface area contributed by atoms with E-state index in [9.17, 15) is 0 Å². The maximum atomic E-state index is 6.61. The van der Waals surface area contributed by atoms with Crippen LogP contribution in [-0.2, 0) is 5.41 Å². The minimum Gasteiger partial charge on any atom is -0.458 e. The van der Waals surface area contributed by atoms with E-state index < -0.39 is 0 Å². The van der Waals surface area contributed by atoms with Gasteiger partial charge in [-0.15, -0.1) is 0 Å². The van der Waals surface area contributed by atoms with Gasteiger partial charge in [0.25, 0.3) is 6.71 Å². The first kappa shape index (κ1) is 25.2. The molecule has 0 fully saturated rings. The zero-order chi connectivity index (χ0) is 29.6. The number of rotatable bonds is 2. The number of nitrogens with zero attached hydrogens (tertiary/aromatic N) is 1. The van der Waals surface area contributed by atoms with Crippen LogP contribution in [0.15, 0.2) is 120 Å². The summed E-state index contributed by atoms with van der Waals surface area (Å²) in [6.07, 6.45) is 1.89. The lowest BCUT2D eigenvalue weighted by atomic mass is 9.35. The molecule has 210 valence electrons. The average Bonchev–Trinajstić information content (AvgIpc) is 3.42. The smallest absolute Gasteiger partial charge is 0.260 e. The molecule has 5 heteroatoms. The van der Waals surface area contributed by atoms with Gasteiger partial charge >= 0.3 is 0 Å². The van der Waals surface area contributed by atoms with Crippen molar-refractivity contribution in [2.24, 2.45) is 0 Å². The Morgan fingerprint density at radius 2 is 1.32 bits per heavy atom. The Morgan fingerprint density at radius 1 is 0.614 bits per heavy atom. The molecule has 9 rings (SSSR count). The van der Waals surface area contributed by atoms with Crippen molar-refractivity contribution in [2.75, 3.05) is 0 Å². The second kappa shape index (κ2) is 9.11. The van der Waals surface area contributed by atoms with Gasteiger partial charge in [-0.3, -0.25) is 4.98 Å². The van der Waals surface area contributed by atoms with Crippen molar-refractivity contribution >= 4 is 45.0 Å². The largest absolute Gasteiger partial charge is 0.458 e. The van der Waals surface area contributed by atoms with E-state index >= 15 is 0 Å². The van der Waals surface area contributed by atoms with Gasteiger partial charge in [0, 0.05) is 28.0 Å². The highest BCUT2D eigenvalue weighted by Gasteiger charge is 2.40. The molecule has 0 unspecified atom stereocenters. The molecule has 2 aliphatic rings. The highest BCUT2D eigenvalue weighted by Crippen LogP contribution is 2.41. The summed E-state index contributed by atoms with van der Waals surface area (Å²) in [5.41, 5.74) is 10.3. The number of hydrogen-bond donors (Lipinski definition) is 0. The predicted molar refractivity (Wildman–Crippen MR) is 179 cm³/mol. The summed E-state index contributed by atoms with van der Waals surface area (Å²) >= 11 is 0. The number of furan rings is 1. The fourth-order valence-electron chi connectivity index (χ4n) is 6.78. The summed E-state index contributed by atoms with van der Waals surface area (Å²) in [7, 11) is 0. The fourth-order valence-corrected chi connectivity index (χ4v) is 6.78. The van der Waals surface area contributed by atoms with Crippen LogP contribution in [0.5, 0.6) is 23.0 Å².